The number of hydrogen-bond donors (Lipinski definition) is 1. The minimum absolute atomic E-state index is 0.164. The van der Waals surface area contributed by atoms with Crippen molar-refractivity contribution in [2.75, 3.05) is 19.5 Å². The van der Waals surface area contributed by atoms with Gasteiger partial charge in [-0.05, 0) is 35.7 Å². The average Bonchev–Trinajstić information content (AvgIpc) is 3.48. The number of nitrogens with one attached hydrogen (secondary N) is 1. The van der Waals surface area contributed by atoms with Crippen LogP contribution in [0.2, 0.25) is 0 Å². The number of nitrogens with zero attached hydrogens (tertiary/aromatic N) is 2. The van der Waals surface area contributed by atoms with Crippen LogP contribution in [0.5, 0.6) is 23.0 Å². The summed E-state index contributed by atoms with van der Waals surface area (Å²) in [6.45, 7) is 0. The molecular formula is C23H17N3O4S2. The lowest BCUT2D eigenvalue weighted by Crippen LogP contribution is -2.09. The predicted molar refractivity (Wildman–Crippen MR) is 127 cm³/mol. The van der Waals surface area contributed by atoms with Crippen LogP contribution in [0.1, 0.15) is 9.67 Å². The smallest absolute Gasteiger partial charge is 0.267 e. The highest BCUT2D eigenvalue weighted by Crippen LogP contribution is 2.38. The fourth-order valence-corrected chi connectivity index (χ4v) is 4.76. The highest BCUT2D eigenvalue weighted by Gasteiger charge is 2.14. The molecule has 5 rings (SSSR count). The summed E-state index contributed by atoms with van der Waals surface area (Å²) in [4.78, 5) is 21.8. The summed E-state index contributed by atoms with van der Waals surface area (Å²) in [6.07, 6.45) is 1.69. The third-order valence-corrected chi connectivity index (χ3v) is 6.56. The minimum atomic E-state index is -0.164. The first-order valence-corrected chi connectivity index (χ1v) is 11.3. The van der Waals surface area contributed by atoms with Gasteiger partial charge in [-0.15, -0.1) is 11.3 Å². The molecule has 0 aliphatic heterocycles. The highest BCUT2D eigenvalue weighted by molar-refractivity contribution is 7.22. The number of amides is 1. The van der Waals surface area contributed by atoms with Crippen molar-refractivity contribution in [2.45, 2.75) is 0 Å². The van der Waals surface area contributed by atoms with E-state index in [1.807, 2.05) is 41.8 Å². The molecule has 3 heterocycles. The lowest BCUT2D eigenvalue weighted by atomic mass is 10.2. The van der Waals surface area contributed by atoms with Gasteiger partial charge in [0.1, 0.15) is 11.5 Å². The molecule has 32 heavy (non-hydrogen) atoms. The Labute approximate surface area is 191 Å². The SMILES string of the molecule is COc1cc2nccc(Oc3ccc4nc(NC(=O)c5cccs5)sc4c3)c2cc1OC. The van der Waals surface area contributed by atoms with Crippen molar-refractivity contribution in [2.24, 2.45) is 0 Å². The number of carbonyl (C=O) groups is 1. The Bertz CT molecular complexity index is 1430. The van der Waals surface area contributed by atoms with Crippen LogP contribution in [0.4, 0.5) is 5.13 Å². The largest absolute Gasteiger partial charge is 0.493 e. The van der Waals surface area contributed by atoms with E-state index < -0.39 is 0 Å². The summed E-state index contributed by atoms with van der Waals surface area (Å²) in [5, 5.41) is 6.07. The number of anilines is 1. The van der Waals surface area contributed by atoms with Crippen LogP contribution in [0.3, 0.4) is 0 Å². The van der Waals surface area contributed by atoms with Gasteiger partial charge >= 0.3 is 0 Å². The molecule has 0 saturated heterocycles. The van der Waals surface area contributed by atoms with Gasteiger partial charge in [0, 0.05) is 23.7 Å². The molecule has 0 unspecified atom stereocenters. The van der Waals surface area contributed by atoms with Crippen molar-refractivity contribution in [1.29, 1.82) is 0 Å². The quantitative estimate of drug-likeness (QED) is 0.334. The highest BCUT2D eigenvalue weighted by atomic mass is 32.1. The van der Waals surface area contributed by atoms with Crippen molar-refractivity contribution in [3.8, 4) is 23.0 Å². The van der Waals surface area contributed by atoms with Crippen molar-refractivity contribution < 1.29 is 19.0 Å². The molecule has 0 aliphatic rings. The molecule has 160 valence electrons. The number of aromatic nitrogens is 2. The standard InChI is InChI=1S/C23H17N3O4S2/c1-28-18-11-14-16(12-19(18)29-2)24-8-7-17(14)30-13-5-6-15-21(10-13)32-23(25-15)26-22(27)20-4-3-9-31-20/h3-12H,1-2H3,(H,25,26,27). The van der Waals surface area contributed by atoms with E-state index in [2.05, 4.69) is 15.3 Å². The van der Waals surface area contributed by atoms with Crippen molar-refractivity contribution >= 4 is 54.8 Å². The van der Waals surface area contributed by atoms with Crippen LogP contribution in [0, 0.1) is 0 Å². The van der Waals surface area contributed by atoms with Crippen LogP contribution in [-0.4, -0.2) is 30.1 Å². The molecule has 9 heteroatoms. The number of thiophene rings is 1. The van der Waals surface area contributed by atoms with E-state index >= 15 is 0 Å². The van der Waals surface area contributed by atoms with Gasteiger partial charge in [0.25, 0.3) is 5.91 Å². The summed E-state index contributed by atoms with van der Waals surface area (Å²) in [5.41, 5.74) is 1.52. The van der Waals surface area contributed by atoms with Gasteiger partial charge < -0.3 is 14.2 Å². The van der Waals surface area contributed by atoms with Crippen LogP contribution >= 0.6 is 22.7 Å². The van der Waals surface area contributed by atoms with E-state index in [0.29, 0.717) is 33.0 Å². The number of rotatable bonds is 6. The number of ether oxygens (including phenoxy) is 3. The average molecular weight is 464 g/mol. The maximum absolute atomic E-state index is 12.3. The Kier molecular flexibility index (Phi) is 5.34. The van der Waals surface area contributed by atoms with Gasteiger partial charge in [0.2, 0.25) is 0 Å². The Balaban J connectivity index is 1.44. The van der Waals surface area contributed by atoms with Gasteiger partial charge in [-0.3, -0.25) is 15.1 Å². The van der Waals surface area contributed by atoms with E-state index in [-0.39, 0.29) is 5.91 Å². The van der Waals surface area contributed by atoms with Crippen LogP contribution in [-0.2, 0) is 0 Å². The maximum Gasteiger partial charge on any atom is 0.267 e. The van der Waals surface area contributed by atoms with Gasteiger partial charge in [0.05, 0.1) is 34.8 Å². The Morgan fingerprint density at radius 2 is 1.81 bits per heavy atom. The lowest BCUT2D eigenvalue weighted by molar-refractivity contribution is 0.103. The zero-order chi connectivity index (χ0) is 22.1. The zero-order valence-corrected chi connectivity index (χ0v) is 18.8. The van der Waals surface area contributed by atoms with Crippen molar-refractivity contribution in [3.63, 3.8) is 0 Å². The number of thiazole rings is 1. The second kappa shape index (κ2) is 8.45. The molecule has 5 aromatic rings. The van der Waals surface area contributed by atoms with Crippen molar-refractivity contribution in [1.82, 2.24) is 9.97 Å². The van der Waals surface area contributed by atoms with Gasteiger partial charge in [-0.1, -0.05) is 17.4 Å². The summed E-state index contributed by atoms with van der Waals surface area (Å²) in [7, 11) is 3.18. The second-order valence-electron chi connectivity index (χ2n) is 6.72. The molecule has 1 N–H and O–H groups in total. The third-order valence-electron chi connectivity index (χ3n) is 4.76. The molecule has 0 spiro atoms. The molecule has 0 fully saturated rings. The van der Waals surface area contributed by atoms with Crippen molar-refractivity contribution in [3.05, 3.63) is 65.0 Å². The number of methoxy groups -OCH3 is 2. The number of pyridine rings is 1. The third kappa shape index (κ3) is 3.83. The number of fused-ring (bicyclic) bond motifs is 2. The lowest BCUT2D eigenvalue weighted by Gasteiger charge is -2.12. The fraction of sp³-hybridized carbons (Fsp3) is 0.0870. The monoisotopic (exact) mass is 463 g/mol. The Hall–Kier alpha value is -3.69. The molecule has 0 atom stereocenters. The second-order valence-corrected chi connectivity index (χ2v) is 8.69. The first-order valence-electron chi connectivity index (χ1n) is 9.58. The summed E-state index contributed by atoms with van der Waals surface area (Å²) in [5.74, 6) is 2.34. The molecule has 1 amide bonds. The van der Waals surface area contributed by atoms with Crippen LogP contribution in [0.15, 0.2) is 60.1 Å². The summed E-state index contributed by atoms with van der Waals surface area (Å²) in [6, 6.07) is 14.7. The Morgan fingerprint density at radius 1 is 0.969 bits per heavy atom. The molecule has 0 bridgehead atoms. The maximum atomic E-state index is 12.3. The van der Waals surface area contributed by atoms with E-state index in [1.165, 1.54) is 22.7 Å². The number of hydrogen-bond acceptors (Lipinski definition) is 8. The minimum Gasteiger partial charge on any atom is -0.493 e. The number of carbonyl (C=O) groups excluding carboxylic acids is 1. The van der Waals surface area contributed by atoms with Gasteiger partial charge in [-0.2, -0.15) is 0 Å². The molecule has 2 aromatic carbocycles. The molecule has 7 nitrogen and oxygen atoms in total. The molecule has 0 aliphatic carbocycles. The molecule has 0 radical (unpaired) electrons. The zero-order valence-electron chi connectivity index (χ0n) is 17.1. The van der Waals surface area contributed by atoms with E-state index in [4.69, 9.17) is 14.2 Å². The molecular weight excluding hydrogens is 446 g/mol. The molecule has 0 saturated carbocycles. The van der Waals surface area contributed by atoms with Crippen LogP contribution in [0.25, 0.3) is 21.1 Å². The number of benzene rings is 2. The fourth-order valence-electron chi connectivity index (χ4n) is 3.25. The predicted octanol–water partition coefficient (Wildman–Crippen LogP) is 5.97. The van der Waals surface area contributed by atoms with E-state index in [1.54, 1.807) is 32.5 Å². The summed E-state index contributed by atoms with van der Waals surface area (Å²) < 4.78 is 17.9. The normalized spacial score (nSPS) is 10.9. The van der Waals surface area contributed by atoms with Gasteiger partial charge in [-0.25, -0.2) is 4.98 Å². The Morgan fingerprint density at radius 3 is 2.59 bits per heavy atom. The summed E-state index contributed by atoms with van der Waals surface area (Å²) >= 11 is 2.78. The first kappa shape index (κ1) is 20.2. The van der Waals surface area contributed by atoms with E-state index in [0.717, 1.165) is 21.1 Å². The van der Waals surface area contributed by atoms with E-state index in [9.17, 15) is 4.79 Å². The van der Waals surface area contributed by atoms with Crippen LogP contribution < -0.4 is 19.5 Å². The first-order chi connectivity index (χ1) is 15.6. The molecule has 3 aromatic heterocycles. The van der Waals surface area contributed by atoms with Gasteiger partial charge in [0.15, 0.2) is 16.6 Å². The topological polar surface area (TPSA) is 82.6 Å².